The lowest BCUT2D eigenvalue weighted by atomic mass is 9.89. The summed E-state index contributed by atoms with van der Waals surface area (Å²) in [5.41, 5.74) is -0.753. The Labute approximate surface area is 92.7 Å². The Kier molecular flexibility index (Phi) is 2.76. The largest absolute Gasteiger partial charge is 0.305 e. The number of ketones is 1. The van der Waals surface area contributed by atoms with Crippen molar-refractivity contribution < 1.29 is 13.6 Å². The fraction of sp³-hybridized carbons (Fsp3) is 0.417. The predicted molar refractivity (Wildman–Crippen MR) is 56.3 cm³/mol. The first-order valence-electron chi connectivity index (χ1n) is 5.28. The highest BCUT2D eigenvalue weighted by atomic mass is 19.1. The highest BCUT2D eigenvalue weighted by molar-refractivity contribution is 6.03. The zero-order chi connectivity index (χ0) is 11.8. The van der Waals surface area contributed by atoms with Gasteiger partial charge >= 0.3 is 0 Å². The topological polar surface area (TPSA) is 29.1 Å². The highest BCUT2D eigenvalue weighted by Gasteiger charge is 2.37. The molecule has 0 bridgehead atoms. The second-order valence-electron chi connectivity index (χ2n) is 4.32. The fourth-order valence-electron chi connectivity index (χ4n) is 2.06. The average Bonchev–Trinajstić information content (AvgIpc) is 2.66. The maximum absolute atomic E-state index is 13.4. The molecule has 1 fully saturated rings. The first kappa shape index (κ1) is 11.2. The van der Waals surface area contributed by atoms with E-state index in [0.717, 1.165) is 25.1 Å². The van der Waals surface area contributed by atoms with Crippen molar-refractivity contribution in [2.24, 2.45) is 0 Å². The van der Waals surface area contributed by atoms with E-state index in [1.807, 2.05) is 0 Å². The highest BCUT2D eigenvalue weighted by Crippen LogP contribution is 2.24. The Morgan fingerprint density at radius 2 is 2.19 bits per heavy atom. The molecule has 0 radical (unpaired) electrons. The van der Waals surface area contributed by atoms with Crippen molar-refractivity contribution in [3.05, 3.63) is 35.4 Å². The predicted octanol–water partition coefficient (Wildman–Crippen LogP) is 2.29. The summed E-state index contributed by atoms with van der Waals surface area (Å²) in [6.07, 6.45) is 1.58. The molecule has 1 saturated heterocycles. The van der Waals surface area contributed by atoms with E-state index in [2.05, 4.69) is 5.32 Å². The summed E-state index contributed by atoms with van der Waals surface area (Å²) in [4.78, 5) is 12.1. The molecule has 1 atom stereocenters. The van der Waals surface area contributed by atoms with Crippen molar-refractivity contribution in [1.29, 1.82) is 0 Å². The number of halogens is 2. The van der Waals surface area contributed by atoms with Crippen LogP contribution in [0, 0.1) is 11.6 Å². The second kappa shape index (κ2) is 3.94. The molecule has 1 N–H and O–H groups in total. The Bertz CT molecular complexity index is 425. The van der Waals surface area contributed by atoms with Crippen LogP contribution in [0.3, 0.4) is 0 Å². The molecule has 1 aliphatic heterocycles. The van der Waals surface area contributed by atoms with Crippen molar-refractivity contribution in [2.75, 3.05) is 6.54 Å². The number of hydrogen-bond donors (Lipinski definition) is 1. The summed E-state index contributed by atoms with van der Waals surface area (Å²) in [7, 11) is 0. The maximum Gasteiger partial charge on any atom is 0.185 e. The van der Waals surface area contributed by atoms with E-state index in [4.69, 9.17) is 0 Å². The average molecular weight is 225 g/mol. The van der Waals surface area contributed by atoms with E-state index < -0.39 is 17.2 Å². The molecule has 1 heterocycles. The molecule has 1 aromatic carbocycles. The minimum absolute atomic E-state index is 0.0432. The van der Waals surface area contributed by atoms with Crippen LogP contribution in [0.2, 0.25) is 0 Å². The Morgan fingerprint density at radius 1 is 1.44 bits per heavy atom. The van der Waals surface area contributed by atoms with Crippen molar-refractivity contribution in [3.8, 4) is 0 Å². The Morgan fingerprint density at radius 3 is 2.75 bits per heavy atom. The van der Waals surface area contributed by atoms with E-state index in [0.29, 0.717) is 6.42 Å². The van der Waals surface area contributed by atoms with Crippen molar-refractivity contribution in [3.63, 3.8) is 0 Å². The monoisotopic (exact) mass is 225 g/mol. The van der Waals surface area contributed by atoms with Crippen LogP contribution in [-0.4, -0.2) is 17.9 Å². The van der Waals surface area contributed by atoms with Gasteiger partial charge in [0, 0.05) is 6.07 Å². The van der Waals surface area contributed by atoms with E-state index in [-0.39, 0.29) is 11.3 Å². The Balaban J connectivity index is 2.33. The molecular weight excluding hydrogens is 212 g/mol. The summed E-state index contributed by atoms with van der Waals surface area (Å²) in [5, 5.41) is 3.06. The summed E-state index contributed by atoms with van der Waals surface area (Å²) >= 11 is 0. The fourth-order valence-corrected chi connectivity index (χ4v) is 2.06. The second-order valence-corrected chi connectivity index (χ2v) is 4.32. The molecule has 1 aliphatic rings. The maximum atomic E-state index is 13.4. The normalized spacial score (nSPS) is 24.7. The van der Waals surface area contributed by atoms with Crippen LogP contribution in [0.25, 0.3) is 0 Å². The SMILES string of the molecule is CC1(C(=O)c2ccc(F)cc2F)CCCN1. The molecule has 2 rings (SSSR count). The van der Waals surface area contributed by atoms with Gasteiger partial charge in [0.15, 0.2) is 5.78 Å². The molecule has 0 amide bonds. The first-order valence-corrected chi connectivity index (χ1v) is 5.28. The quantitative estimate of drug-likeness (QED) is 0.782. The van der Waals surface area contributed by atoms with E-state index in [9.17, 15) is 13.6 Å². The van der Waals surface area contributed by atoms with E-state index in [1.165, 1.54) is 6.07 Å². The van der Waals surface area contributed by atoms with Gasteiger partial charge in [0.25, 0.3) is 0 Å². The number of carbonyl (C=O) groups excluding carboxylic acids is 1. The molecular formula is C12H13F2NO. The lowest BCUT2D eigenvalue weighted by Gasteiger charge is -2.22. The third-order valence-electron chi connectivity index (χ3n) is 3.05. The number of benzene rings is 1. The van der Waals surface area contributed by atoms with Crippen LogP contribution in [0.5, 0.6) is 0 Å². The van der Waals surface area contributed by atoms with Gasteiger partial charge in [-0.25, -0.2) is 8.78 Å². The van der Waals surface area contributed by atoms with Crippen molar-refractivity contribution >= 4 is 5.78 Å². The summed E-state index contributed by atoms with van der Waals surface area (Å²) in [5.74, 6) is -1.76. The zero-order valence-electron chi connectivity index (χ0n) is 9.02. The van der Waals surface area contributed by atoms with Gasteiger partial charge in [-0.3, -0.25) is 4.79 Å². The lowest BCUT2D eigenvalue weighted by molar-refractivity contribution is 0.0880. The molecule has 1 unspecified atom stereocenters. The van der Waals surface area contributed by atoms with Crippen molar-refractivity contribution in [1.82, 2.24) is 5.32 Å². The van der Waals surface area contributed by atoms with Gasteiger partial charge in [-0.2, -0.15) is 0 Å². The van der Waals surface area contributed by atoms with Crippen LogP contribution in [0.15, 0.2) is 18.2 Å². The van der Waals surface area contributed by atoms with E-state index >= 15 is 0 Å². The zero-order valence-corrected chi connectivity index (χ0v) is 9.02. The molecule has 0 aliphatic carbocycles. The summed E-state index contributed by atoms with van der Waals surface area (Å²) in [6, 6.07) is 3.05. The third kappa shape index (κ3) is 1.85. The van der Waals surface area contributed by atoms with E-state index in [1.54, 1.807) is 6.92 Å². The molecule has 16 heavy (non-hydrogen) atoms. The van der Waals surface area contributed by atoms with Gasteiger partial charge in [-0.05, 0) is 38.4 Å². The molecule has 0 spiro atoms. The smallest absolute Gasteiger partial charge is 0.185 e. The molecule has 1 aromatic rings. The van der Waals surface area contributed by atoms with Gasteiger partial charge in [0.1, 0.15) is 11.6 Å². The molecule has 2 nitrogen and oxygen atoms in total. The minimum atomic E-state index is -0.792. The number of rotatable bonds is 2. The van der Waals surface area contributed by atoms with Gasteiger partial charge in [-0.15, -0.1) is 0 Å². The Hall–Kier alpha value is -1.29. The van der Waals surface area contributed by atoms with Crippen LogP contribution < -0.4 is 5.32 Å². The third-order valence-corrected chi connectivity index (χ3v) is 3.05. The first-order chi connectivity index (χ1) is 7.53. The number of carbonyl (C=O) groups is 1. The summed E-state index contributed by atoms with van der Waals surface area (Å²) < 4.78 is 26.2. The van der Waals surface area contributed by atoms with Gasteiger partial charge in [0.2, 0.25) is 0 Å². The van der Waals surface area contributed by atoms with Crippen LogP contribution in [0.4, 0.5) is 8.78 Å². The van der Waals surface area contributed by atoms with Gasteiger partial charge in [0.05, 0.1) is 11.1 Å². The standard InChI is InChI=1S/C12H13F2NO/c1-12(5-2-6-15-12)11(16)9-4-3-8(13)7-10(9)14/h3-4,7,15H,2,5-6H2,1H3. The lowest BCUT2D eigenvalue weighted by Crippen LogP contribution is -2.44. The number of nitrogens with one attached hydrogen (secondary N) is 1. The number of Topliss-reactive ketones (excluding diaryl/α,β-unsaturated/α-hetero) is 1. The van der Waals surface area contributed by atoms with Crippen LogP contribution >= 0.6 is 0 Å². The molecule has 4 heteroatoms. The minimum Gasteiger partial charge on any atom is -0.305 e. The van der Waals surface area contributed by atoms with Gasteiger partial charge in [-0.1, -0.05) is 0 Å². The van der Waals surface area contributed by atoms with Crippen LogP contribution in [-0.2, 0) is 0 Å². The number of hydrogen-bond acceptors (Lipinski definition) is 2. The van der Waals surface area contributed by atoms with Gasteiger partial charge < -0.3 is 5.32 Å². The molecule has 86 valence electrons. The van der Waals surface area contributed by atoms with Crippen LogP contribution in [0.1, 0.15) is 30.1 Å². The summed E-state index contributed by atoms with van der Waals surface area (Å²) in [6.45, 7) is 2.51. The van der Waals surface area contributed by atoms with Crippen molar-refractivity contribution in [2.45, 2.75) is 25.3 Å². The molecule has 0 aromatic heterocycles. The molecule has 0 saturated carbocycles.